The van der Waals surface area contributed by atoms with Crippen molar-refractivity contribution in [3.8, 4) is 0 Å². The molecular weight excluding hydrogens is 1020 g/mol. The zero-order chi connectivity index (χ0) is 44.6. The SMILES string of the molecule is CC(C)(C)[PH+](C=C1C=Cc2ccc3cccnc3c2[N-]1)C(C)(C)C.CC(C)(C)[PH+](Cc1ccc2ccc3cccnc3c2n1)C(C)(C)C.[2H]S([CH2-])=S.[CH-]=O.[CH-]=O.[Cl][RuH].[Na+].[RuH+2]. The molecule has 59 heavy (non-hydrogen) atoms. The molecule has 1 atom stereocenters. The van der Waals surface area contributed by atoms with Gasteiger partial charge in [0.05, 0.1) is 44.0 Å². The average Bonchev–Trinajstić information content (AvgIpc) is 3.16. The number of allylic oxidation sites excluding steroid dienone is 1. The number of benzene rings is 2. The molecule has 0 amide bonds. The van der Waals surface area contributed by atoms with E-state index in [4.69, 9.17) is 21.0 Å². The number of hydrogen-bond acceptors (Lipinski definition) is 6. The summed E-state index contributed by atoms with van der Waals surface area (Å²) >= 11 is 5.83. The van der Waals surface area contributed by atoms with E-state index in [0.717, 1.165) is 50.4 Å². The zero-order valence-electron chi connectivity index (χ0n) is 37.8. The van der Waals surface area contributed by atoms with Crippen molar-refractivity contribution in [2.45, 2.75) is 110 Å². The number of carbonyl (C=O) groups excluding carboxylic acids is 2. The number of fused-ring (bicyclic) bond motifs is 6. The number of rotatable bonds is 3. The van der Waals surface area contributed by atoms with E-state index in [0.29, 0.717) is 10.3 Å². The van der Waals surface area contributed by atoms with E-state index in [1.165, 1.54) is 11.1 Å². The Kier molecular flexibility index (Phi) is 27.8. The van der Waals surface area contributed by atoms with E-state index in [9.17, 15) is 0 Å². The molecule has 0 fully saturated rings. The number of aromatic nitrogens is 3. The quantitative estimate of drug-likeness (QED) is 0.0484. The third-order valence-corrected chi connectivity index (χ3v) is 17.2. The van der Waals surface area contributed by atoms with Crippen molar-refractivity contribution in [2.75, 3.05) is 0 Å². The zero-order valence-corrected chi connectivity index (χ0v) is 46.9. The minimum absolute atomic E-state index is 0. The molecule has 0 N–H and O–H groups in total. The van der Waals surface area contributed by atoms with E-state index in [2.05, 4.69) is 200 Å². The van der Waals surface area contributed by atoms with Crippen molar-refractivity contribution in [3.63, 3.8) is 0 Å². The Morgan fingerprint density at radius 2 is 1.17 bits per heavy atom. The molecule has 0 saturated heterocycles. The second-order valence-corrected chi connectivity index (χ2v) is 26.7. The van der Waals surface area contributed by atoms with Crippen molar-refractivity contribution in [3.05, 3.63) is 113 Å². The Bertz CT molecular complexity index is 2140. The molecule has 0 saturated carbocycles. The van der Waals surface area contributed by atoms with Crippen LogP contribution in [0.3, 0.4) is 0 Å². The summed E-state index contributed by atoms with van der Waals surface area (Å²) in [6.07, 6.45) is 12.3. The van der Waals surface area contributed by atoms with Gasteiger partial charge < -0.3 is 14.9 Å². The van der Waals surface area contributed by atoms with Crippen molar-refractivity contribution < 1.29 is 75.9 Å². The van der Waals surface area contributed by atoms with Crippen LogP contribution in [0.5, 0.6) is 0 Å². The number of thiol groups is 1. The van der Waals surface area contributed by atoms with Gasteiger partial charge in [0.25, 0.3) is 0 Å². The second kappa shape index (κ2) is 28.1. The Morgan fingerprint density at radius 1 is 0.746 bits per heavy atom. The molecule has 6 rings (SSSR count). The predicted octanol–water partition coefficient (Wildman–Crippen LogP) is 9.67. The second-order valence-electron chi connectivity index (χ2n) is 17.3. The molecule has 4 heterocycles. The van der Waals surface area contributed by atoms with Gasteiger partial charge in [-0.2, -0.15) is 0 Å². The minimum atomic E-state index is -0.778. The summed E-state index contributed by atoms with van der Waals surface area (Å²) in [5, 5.41) is 9.72. The van der Waals surface area contributed by atoms with Gasteiger partial charge in [-0.3, -0.25) is 40.0 Å². The summed E-state index contributed by atoms with van der Waals surface area (Å²) in [6, 6.07) is 21.1. The van der Waals surface area contributed by atoms with Gasteiger partial charge in [-0.05, 0) is 112 Å². The Labute approximate surface area is 416 Å². The normalized spacial score (nSPS) is 13.4. The van der Waals surface area contributed by atoms with Crippen LogP contribution in [0.4, 0.5) is 5.69 Å². The van der Waals surface area contributed by atoms with E-state index in [-0.39, 0.29) is 59.3 Å². The van der Waals surface area contributed by atoms with Gasteiger partial charge in [-0.25, -0.2) is 4.98 Å². The van der Waals surface area contributed by atoms with Crippen molar-refractivity contribution in [2.24, 2.45) is 0 Å². The molecule has 2 aromatic carbocycles. The molecule has 1 unspecified atom stereocenters. The monoisotopic (exact) mass is 1080 g/mol. The van der Waals surface area contributed by atoms with Gasteiger partial charge in [0, 0.05) is 44.8 Å². The summed E-state index contributed by atoms with van der Waals surface area (Å²) in [6.45, 7) is 34.9. The van der Waals surface area contributed by atoms with E-state index < -0.39 is 26.1 Å². The summed E-state index contributed by atoms with van der Waals surface area (Å²) in [5.74, 6) is 2.44. The molecule has 0 bridgehead atoms. The molecule has 3 aromatic heterocycles. The van der Waals surface area contributed by atoms with E-state index in [1.54, 1.807) is 17.3 Å². The van der Waals surface area contributed by atoms with E-state index >= 15 is 0 Å². The van der Waals surface area contributed by atoms with Crippen LogP contribution in [0, 0.1) is 6.26 Å². The fourth-order valence-corrected chi connectivity index (χ4v) is 14.7. The molecule has 14 heteroatoms. The fourth-order valence-electron chi connectivity index (χ4n) is 7.22. The average molecular weight is 1080 g/mol. The molecule has 0 radical (unpaired) electrons. The van der Waals surface area contributed by atoms with Crippen LogP contribution in [0.15, 0.2) is 90.6 Å². The van der Waals surface area contributed by atoms with E-state index in [1.807, 2.05) is 24.5 Å². The molecule has 1 aliphatic rings. The maximum absolute atomic E-state index is 7.75. The van der Waals surface area contributed by atoms with Gasteiger partial charge in [-0.1, -0.05) is 65.8 Å². The molecule has 5 aromatic rings. The maximum atomic E-state index is 7.75. The third kappa shape index (κ3) is 18.5. The topological polar surface area (TPSA) is 86.9 Å². The first-order valence-corrected chi connectivity index (χ1v) is 25.9. The van der Waals surface area contributed by atoms with Crippen molar-refractivity contribution in [1.29, 1.82) is 1.12 Å². The van der Waals surface area contributed by atoms with Crippen LogP contribution in [0.1, 0.15) is 94.3 Å². The number of nitrogens with zero attached hydrogens (tertiary/aromatic N) is 4. The standard InChI is InChI=1S/C21H27N2P.C21H26N2P.2CHO.CH3S2.ClH.Na.2Ru.2H/c2*1-20(2,3)24(21(4,5)6)14-17-12-11-16-10-9-15-8-7-13-22-18(15)19(16)23-17;2*1-2;1-3-2;;;;;;/h7-13H,14H2,1-6H3;7-14H,1-6H3;2*1H;3H,1H2;1H;;;;;/q;4*-1;;2*+1;+2;;/p+1/i;;;;3D;;;;;;. The Hall–Kier alpha value is -0.743. The molecule has 6 nitrogen and oxygen atoms in total. The Morgan fingerprint density at radius 3 is 1.64 bits per heavy atom. The molecule has 0 spiro atoms. The molecule has 1 aliphatic heterocycles. The van der Waals surface area contributed by atoms with Crippen LogP contribution < -0.4 is 29.6 Å². The molecular formula is C45H62ClN4NaO2P2Ru2S2+. The first kappa shape index (κ1) is 58.3. The number of halogens is 1. The van der Waals surface area contributed by atoms with Gasteiger partial charge in [-0.15, -0.1) is 11.4 Å². The first-order chi connectivity index (χ1) is 27.1. The van der Waals surface area contributed by atoms with Gasteiger partial charge >= 0.3 is 76.0 Å². The van der Waals surface area contributed by atoms with Gasteiger partial charge in [0.2, 0.25) is 0 Å². The summed E-state index contributed by atoms with van der Waals surface area (Å²) in [7, 11) is 2.44. The number of pyridine rings is 3. The summed E-state index contributed by atoms with van der Waals surface area (Å²) < 4.78 is 6.31. The van der Waals surface area contributed by atoms with Crippen LogP contribution >= 0.6 is 25.5 Å². The van der Waals surface area contributed by atoms with Gasteiger partial charge in [0.1, 0.15) is 6.16 Å². The number of hydrogen-bond donors (Lipinski definition) is 1. The van der Waals surface area contributed by atoms with Crippen LogP contribution in [-0.2, 0) is 74.0 Å². The van der Waals surface area contributed by atoms with Crippen LogP contribution in [0.25, 0.3) is 44.1 Å². The predicted molar refractivity (Wildman–Crippen MR) is 262 cm³/mol. The third-order valence-electron chi connectivity index (χ3n) is 9.02. The first-order valence-electron chi connectivity index (χ1n) is 18.7. The van der Waals surface area contributed by atoms with Crippen molar-refractivity contribution in [1.82, 2.24) is 15.0 Å². The molecule has 319 valence electrons. The fraction of sp³-hybridized carbons (Fsp3) is 0.378. The van der Waals surface area contributed by atoms with Gasteiger partial charge in [0.15, 0.2) is 0 Å². The molecule has 0 aliphatic carbocycles. The summed E-state index contributed by atoms with van der Waals surface area (Å²) in [5.41, 5.74) is 7.49. The van der Waals surface area contributed by atoms with Crippen LogP contribution in [0.2, 0.25) is 0 Å². The Balaban J connectivity index is 0. The van der Waals surface area contributed by atoms with Crippen LogP contribution in [-0.4, -0.2) is 50.3 Å². The van der Waals surface area contributed by atoms with Crippen molar-refractivity contribution >= 4 is 105 Å². The summed E-state index contributed by atoms with van der Waals surface area (Å²) in [4.78, 5) is 29.7.